The Morgan fingerprint density at radius 3 is 2.76 bits per heavy atom. The topological polar surface area (TPSA) is 38.8 Å². The van der Waals surface area contributed by atoms with Gasteiger partial charge in [0, 0.05) is 19.0 Å². The van der Waals surface area contributed by atoms with E-state index in [0.717, 1.165) is 56.8 Å². The van der Waals surface area contributed by atoms with Crippen molar-refractivity contribution < 1.29 is 14.3 Å². The van der Waals surface area contributed by atoms with E-state index in [-0.39, 0.29) is 6.04 Å². The first-order chi connectivity index (χ1) is 14.3. The molecular formula is C25H31NO3. The number of aldehydes is 1. The number of fused-ring (bicyclic) bond motifs is 1. The fourth-order valence-corrected chi connectivity index (χ4v) is 4.55. The van der Waals surface area contributed by atoms with Crippen LogP contribution in [0.15, 0.2) is 42.5 Å². The molecule has 0 bridgehead atoms. The van der Waals surface area contributed by atoms with E-state index in [1.807, 2.05) is 0 Å². The van der Waals surface area contributed by atoms with Crippen molar-refractivity contribution in [3.63, 3.8) is 0 Å². The van der Waals surface area contributed by atoms with E-state index >= 15 is 0 Å². The zero-order chi connectivity index (χ0) is 20.1. The summed E-state index contributed by atoms with van der Waals surface area (Å²) in [7, 11) is 0. The highest BCUT2D eigenvalue weighted by Crippen LogP contribution is 2.42. The molecule has 0 radical (unpaired) electrons. The van der Waals surface area contributed by atoms with Gasteiger partial charge in [0.05, 0.1) is 19.8 Å². The SMILES string of the molecule is CCCCCOc1ccc(C2C[C@@H](c3ccc4c(c3)OCC4)CN2CC=O)cc1. The van der Waals surface area contributed by atoms with Crippen LogP contribution in [0, 0.1) is 0 Å². The Bertz CT molecular complexity index is 817. The van der Waals surface area contributed by atoms with Gasteiger partial charge >= 0.3 is 0 Å². The Labute approximate surface area is 173 Å². The quantitative estimate of drug-likeness (QED) is 0.448. The van der Waals surface area contributed by atoms with E-state index in [1.165, 1.54) is 29.5 Å². The molecule has 0 N–H and O–H groups in total. The minimum absolute atomic E-state index is 0.258. The monoisotopic (exact) mass is 393 g/mol. The van der Waals surface area contributed by atoms with Crippen molar-refractivity contribution in [1.82, 2.24) is 4.90 Å². The molecule has 0 spiro atoms. The number of hydrogen-bond acceptors (Lipinski definition) is 4. The number of likely N-dealkylation sites (tertiary alicyclic amines) is 1. The van der Waals surface area contributed by atoms with Crippen LogP contribution < -0.4 is 9.47 Å². The number of ether oxygens (including phenoxy) is 2. The number of hydrogen-bond donors (Lipinski definition) is 0. The molecule has 2 aromatic carbocycles. The predicted molar refractivity (Wildman–Crippen MR) is 115 cm³/mol. The average Bonchev–Trinajstić information content (AvgIpc) is 3.38. The Morgan fingerprint density at radius 1 is 1.14 bits per heavy atom. The second kappa shape index (κ2) is 9.45. The van der Waals surface area contributed by atoms with Gasteiger partial charge in [0.25, 0.3) is 0 Å². The van der Waals surface area contributed by atoms with E-state index < -0.39 is 0 Å². The van der Waals surface area contributed by atoms with Crippen molar-refractivity contribution in [2.24, 2.45) is 0 Å². The molecule has 1 saturated heterocycles. The molecule has 0 saturated carbocycles. The van der Waals surface area contributed by atoms with Crippen LogP contribution in [0.25, 0.3) is 0 Å². The maximum Gasteiger partial charge on any atom is 0.134 e. The lowest BCUT2D eigenvalue weighted by atomic mass is 9.93. The second-order valence-electron chi connectivity index (χ2n) is 8.16. The molecule has 1 unspecified atom stereocenters. The van der Waals surface area contributed by atoms with Crippen LogP contribution in [-0.4, -0.2) is 37.5 Å². The maximum absolute atomic E-state index is 11.3. The van der Waals surface area contributed by atoms with Crippen LogP contribution in [0.5, 0.6) is 11.5 Å². The minimum atomic E-state index is 0.258. The number of carbonyl (C=O) groups is 1. The smallest absolute Gasteiger partial charge is 0.134 e. The van der Waals surface area contributed by atoms with Gasteiger partial charge in [-0.05, 0) is 53.6 Å². The molecule has 2 aliphatic rings. The molecule has 1 fully saturated rings. The first kappa shape index (κ1) is 20.0. The van der Waals surface area contributed by atoms with Crippen LogP contribution in [0.3, 0.4) is 0 Å². The molecule has 2 atom stereocenters. The number of carbonyl (C=O) groups excluding carboxylic acids is 1. The summed E-state index contributed by atoms with van der Waals surface area (Å²) in [6, 6.07) is 15.4. The Balaban J connectivity index is 1.45. The summed E-state index contributed by atoms with van der Waals surface area (Å²) >= 11 is 0. The zero-order valence-corrected chi connectivity index (χ0v) is 17.3. The highest BCUT2D eigenvalue weighted by molar-refractivity contribution is 5.52. The standard InChI is InChI=1S/C25H31NO3/c1-2-3-4-14-28-23-9-7-19(8-10-23)24-16-22(18-26(24)12-13-27)21-6-5-20-11-15-29-25(20)17-21/h5-10,13,17,22,24H,2-4,11-12,14-16,18H2,1H3/t22-,24?/m1/s1. The molecule has 0 amide bonds. The van der Waals surface area contributed by atoms with Crippen molar-refractivity contribution in [1.29, 1.82) is 0 Å². The predicted octanol–water partition coefficient (Wildman–Crippen LogP) is 4.92. The first-order valence-corrected chi connectivity index (χ1v) is 10.9. The van der Waals surface area contributed by atoms with Crippen molar-refractivity contribution in [2.75, 3.05) is 26.3 Å². The van der Waals surface area contributed by atoms with E-state index in [4.69, 9.17) is 9.47 Å². The van der Waals surface area contributed by atoms with Crippen LogP contribution >= 0.6 is 0 Å². The molecule has 2 aromatic rings. The minimum Gasteiger partial charge on any atom is -0.494 e. The van der Waals surface area contributed by atoms with Gasteiger partial charge in [0.15, 0.2) is 0 Å². The van der Waals surface area contributed by atoms with Gasteiger partial charge in [-0.2, -0.15) is 0 Å². The van der Waals surface area contributed by atoms with E-state index in [2.05, 4.69) is 54.3 Å². The van der Waals surface area contributed by atoms with Gasteiger partial charge in [-0.25, -0.2) is 0 Å². The summed E-state index contributed by atoms with van der Waals surface area (Å²) in [6.07, 6.45) is 6.55. The highest BCUT2D eigenvalue weighted by Gasteiger charge is 2.34. The first-order valence-electron chi connectivity index (χ1n) is 10.9. The number of benzene rings is 2. The Kier molecular flexibility index (Phi) is 6.50. The van der Waals surface area contributed by atoms with Crippen molar-refractivity contribution in [3.8, 4) is 11.5 Å². The van der Waals surface area contributed by atoms with Gasteiger partial charge in [-0.1, -0.05) is 44.0 Å². The van der Waals surface area contributed by atoms with E-state index in [1.54, 1.807) is 0 Å². The largest absolute Gasteiger partial charge is 0.494 e. The number of nitrogens with zero attached hydrogens (tertiary/aromatic N) is 1. The third-order valence-electron chi connectivity index (χ3n) is 6.19. The lowest BCUT2D eigenvalue weighted by molar-refractivity contribution is -0.109. The van der Waals surface area contributed by atoms with Crippen LogP contribution in [0.2, 0.25) is 0 Å². The Hall–Kier alpha value is -2.33. The summed E-state index contributed by atoms with van der Waals surface area (Å²) < 4.78 is 11.6. The van der Waals surface area contributed by atoms with Gasteiger partial charge in [0.1, 0.15) is 17.8 Å². The molecule has 2 heterocycles. The van der Waals surface area contributed by atoms with Crippen LogP contribution in [0.4, 0.5) is 0 Å². The zero-order valence-electron chi connectivity index (χ0n) is 17.3. The summed E-state index contributed by atoms with van der Waals surface area (Å²) in [5.41, 5.74) is 3.88. The summed E-state index contributed by atoms with van der Waals surface area (Å²) in [6.45, 7) is 5.13. The molecule has 0 aromatic heterocycles. The molecule has 2 aliphatic heterocycles. The molecular weight excluding hydrogens is 362 g/mol. The van der Waals surface area contributed by atoms with Gasteiger partial charge in [-0.3, -0.25) is 4.90 Å². The van der Waals surface area contributed by atoms with Crippen molar-refractivity contribution in [2.45, 2.75) is 51.0 Å². The van der Waals surface area contributed by atoms with Crippen molar-refractivity contribution >= 4 is 6.29 Å². The molecule has 4 rings (SSSR count). The Morgan fingerprint density at radius 2 is 1.97 bits per heavy atom. The van der Waals surface area contributed by atoms with Crippen molar-refractivity contribution in [3.05, 3.63) is 59.2 Å². The third-order valence-corrected chi connectivity index (χ3v) is 6.19. The fourth-order valence-electron chi connectivity index (χ4n) is 4.55. The van der Waals surface area contributed by atoms with Gasteiger partial charge in [0.2, 0.25) is 0 Å². The number of unbranched alkanes of at least 4 members (excludes halogenated alkanes) is 2. The van der Waals surface area contributed by atoms with Crippen LogP contribution in [0.1, 0.15) is 61.3 Å². The maximum atomic E-state index is 11.3. The summed E-state index contributed by atoms with van der Waals surface area (Å²) in [4.78, 5) is 13.6. The fraction of sp³-hybridized carbons (Fsp3) is 0.480. The third kappa shape index (κ3) is 4.64. The summed E-state index contributed by atoms with van der Waals surface area (Å²) in [5.74, 6) is 2.38. The molecule has 4 heteroatoms. The lowest BCUT2D eigenvalue weighted by Crippen LogP contribution is -2.25. The molecule has 154 valence electrons. The summed E-state index contributed by atoms with van der Waals surface area (Å²) in [5, 5.41) is 0. The molecule has 4 nitrogen and oxygen atoms in total. The number of rotatable bonds is 9. The molecule has 0 aliphatic carbocycles. The normalized spacial score (nSPS) is 21.0. The molecule has 29 heavy (non-hydrogen) atoms. The average molecular weight is 394 g/mol. The lowest BCUT2D eigenvalue weighted by Gasteiger charge is -2.22. The van der Waals surface area contributed by atoms with Gasteiger partial charge in [-0.15, -0.1) is 0 Å². The van der Waals surface area contributed by atoms with E-state index in [0.29, 0.717) is 12.5 Å². The second-order valence-corrected chi connectivity index (χ2v) is 8.16. The van der Waals surface area contributed by atoms with Crippen LogP contribution in [-0.2, 0) is 11.2 Å². The highest BCUT2D eigenvalue weighted by atomic mass is 16.5. The van der Waals surface area contributed by atoms with E-state index in [9.17, 15) is 4.79 Å². The van der Waals surface area contributed by atoms with Gasteiger partial charge < -0.3 is 14.3 Å².